The summed E-state index contributed by atoms with van der Waals surface area (Å²) in [5.41, 5.74) is 2.06. The van der Waals surface area contributed by atoms with Gasteiger partial charge in [0.25, 0.3) is 5.91 Å². The minimum atomic E-state index is -0.650. The van der Waals surface area contributed by atoms with Crippen molar-refractivity contribution >= 4 is 28.7 Å². The number of ether oxygens (including phenoxy) is 1. The third-order valence-corrected chi connectivity index (χ3v) is 5.69. The van der Waals surface area contributed by atoms with Crippen LogP contribution in [0.15, 0.2) is 52.9 Å². The molecule has 0 spiro atoms. The number of benzene rings is 2. The fraction of sp³-hybridized carbons (Fsp3) is 0.261. The summed E-state index contributed by atoms with van der Waals surface area (Å²) in [4.78, 5) is 38.2. The first kappa shape index (κ1) is 18.4. The lowest BCUT2D eigenvalue weighted by Crippen LogP contribution is -2.52. The summed E-state index contributed by atoms with van der Waals surface area (Å²) in [5.74, 6) is 0.333. The number of nitrogens with zero attached hydrogens (tertiary/aromatic N) is 1. The molecule has 1 N–H and O–H groups in total. The molecular weight excluding hydrogens is 384 g/mol. The first-order chi connectivity index (χ1) is 14.5. The van der Waals surface area contributed by atoms with Crippen LogP contribution < -0.4 is 10.1 Å². The molecular formula is C23H20N2O5. The van der Waals surface area contributed by atoms with Crippen molar-refractivity contribution in [3.63, 3.8) is 0 Å². The summed E-state index contributed by atoms with van der Waals surface area (Å²) in [7, 11) is 0. The highest BCUT2D eigenvalue weighted by molar-refractivity contribution is 6.05. The molecule has 7 heteroatoms. The Hall–Kier alpha value is -3.61. The summed E-state index contributed by atoms with van der Waals surface area (Å²) >= 11 is 0. The van der Waals surface area contributed by atoms with Crippen molar-refractivity contribution in [3.8, 4) is 5.75 Å². The molecule has 0 radical (unpaired) electrons. The van der Waals surface area contributed by atoms with Gasteiger partial charge in [-0.25, -0.2) is 0 Å². The van der Waals surface area contributed by atoms with Gasteiger partial charge in [0.1, 0.15) is 23.1 Å². The maximum atomic E-state index is 12.9. The van der Waals surface area contributed by atoms with E-state index in [4.69, 9.17) is 9.15 Å². The Morgan fingerprint density at radius 2 is 1.97 bits per heavy atom. The van der Waals surface area contributed by atoms with Crippen molar-refractivity contribution in [1.29, 1.82) is 0 Å². The number of amides is 3. The second-order valence-electron chi connectivity index (χ2n) is 7.63. The van der Waals surface area contributed by atoms with Gasteiger partial charge in [-0.1, -0.05) is 24.3 Å². The largest absolute Gasteiger partial charge is 0.482 e. The SMILES string of the molecule is C[C@@H](Oc1cccc2c1CN(C1CCC(=O)NC1=O)C2=O)c1cc2ccccc2o1. The number of nitrogens with one attached hydrogen (secondary N) is 1. The molecule has 1 fully saturated rings. The smallest absolute Gasteiger partial charge is 0.255 e. The predicted octanol–water partition coefficient (Wildman–Crippen LogP) is 3.33. The van der Waals surface area contributed by atoms with Gasteiger partial charge in [-0.2, -0.15) is 0 Å². The van der Waals surface area contributed by atoms with Crippen LogP contribution in [-0.4, -0.2) is 28.7 Å². The van der Waals surface area contributed by atoms with E-state index >= 15 is 0 Å². The number of para-hydroxylation sites is 1. The van der Waals surface area contributed by atoms with Crippen LogP contribution in [0.5, 0.6) is 5.75 Å². The summed E-state index contributed by atoms with van der Waals surface area (Å²) in [6, 6.07) is 14.4. The number of hydrogen-bond donors (Lipinski definition) is 1. The Morgan fingerprint density at radius 3 is 2.77 bits per heavy atom. The Labute approximate surface area is 172 Å². The van der Waals surface area contributed by atoms with E-state index in [0.717, 1.165) is 16.5 Å². The molecule has 152 valence electrons. The van der Waals surface area contributed by atoms with Crippen LogP contribution in [0.3, 0.4) is 0 Å². The molecule has 7 nitrogen and oxygen atoms in total. The maximum Gasteiger partial charge on any atom is 0.255 e. The molecule has 1 saturated heterocycles. The average molecular weight is 404 g/mol. The van der Waals surface area contributed by atoms with Crippen molar-refractivity contribution in [2.45, 2.75) is 38.5 Å². The van der Waals surface area contributed by atoms with Gasteiger partial charge >= 0.3 is 0 Å². The van der Waals surface area contributed by atoms with Crippen LogP contribution in [-0.2, 0) is 16.1 Å². The number of piperidine rings is 1. The van der Waals surface area contributed by atoms with Gasteiger partial charge in [-0.3, -0.25) is 19.7 Å². The number of furan rings is 1. The topological polar surface area (TPSA) is 88.9 Å². The van der Waals surface area contributed by atoms with Crippen LogP contribution >= 0.6 is 0 Å². The third-order valence-electron chi connectivity index (χ3n) is 5.69. The van der Waals surface area contributed by atoms with Crippen molar-refractivity contribution in [3.05, 3.63) is 65.4 Å². The van der Waals surface area contributed by atoms with E-state index in [-0.39, 0.29) is 30.9 Å². The molecule has 2 aromatic carbocycles. The van der Waals surface area contributed by atoms with E-state index < -0.39 is 11.9 Å². The molecule has 1 aromatic heterocycles. The molecule has 2 atom stereocenters. The normalized spacial score (nSPS) is 19.7. The highest BCUT2D eigenvalue weighted by Crippen LogP contribution is 2.36. The average Bonchev–Trinajstić information content (AvgIpc) is 3.31. The molecule has 0 bridgehead atoms. The number of rotatable bonds is 4. The number of imide groups is 1. The highest BCUT2D eigenvalue weighted by atomic mass is 16.5. The minimum Gasteiger partial charge on any atom is -0.482 e. The number of fused-ring (bicyclic) bond motifs is 2. The Kier molecular flexibility index (Phi) is 4.31. The Morgan fingerprint density at radius 1 is 1.13 bits per heavy atom. The van der Waals surface area contributed by atoms with Crippen molar-refractivity contribution in [2.75, 3.05) is 0 Å². The van der Waals surface area contributed by atoms with E-state index in [9.17, 15) is 14.4 Å². The van der Waals surface area contributed by atoms with Gasteiger partial charge in [0.05, 0.1) is 6.54 Å². The standard InChI is InChI=1S/C23H20N2O5/c1-13(20-11-14-5-2-3-7-18(14)30-20)29-19-8-4-6-15-16(19)12-25(23(15)28)17-9-10-21(26)24-22(17)27/h2-8,11,13,17H,9-10,12H2,1H3,(H,24,26,27)/t13-,17?/m1/s1. The van der Waals surface area contributed by atoms with E-state index in [0.29, 0.717) is 23.5 Å². The summed E-state index contributed by atoms with van der Waals surface area (Å²) in [6.45, 7) is 2.16. The van der Waals surface area contributed by atoms with Crippen molar-refractivity contribution in [2.24, 2.45) is 0 Å². The number of hydrogen-bond acceptors (Lipinski definition) is 5. The number of carbonyl (C=O) groups is 3. The molecule has 1 unspecified atom stereocenters. The van der Waals surface area contributed by atoms with Gasteiger partial charge in [0.2, 0.25) is 11.8 Å². The zero-order valence-corrected chi connectivity index (χ0v) is 16.4. The predicted molar refractivity (Wildman–Crippen MR) is 108 cm³/mol. The van der Waals surface area contributed by atoms with E-state index in [1.807, 2.05) is 43.3 Å². The van der Waals surface area contributed by atoms with Gasteiger partial charge in [-0.15, -0.1) is 0 Å². The minimum absolute atomic E-state index is 0.221. The van der Waals surface area contributed by atoms with Crippen LogP contribution in [0.1, 0.15) is 47.6 Å². The molecule has 3 aromatic rings. The lowest BCUT2D eigenvalue weighted by molar-refractivity contribution is -0.136. The Balaban J connectivity index is 1.40. The summed E-state index contributed by atoms with van der Waals surface area (Å²) < 4.78 is 12.1. The van der Waals surface area contributed by atoms with Gasteiger partial charge < -0.3 is 14.1 Å². The number of carbonyl (C=O) groups excluding carboxylic acids is 3. The van der Waals surface area contributed by atoms with Gasteiger partial charge in [-0.05, 0) is 37.6 Å². The first-order valence-corrected chi connectivity index (χ1v) is 9.93. The molecule has 3 amide bonds. The maximum absolute atomic E-state index is 12.9. The lowest BCUT2D eigenvalue weighted by atomic mass is 10.0. The summed E-state index contributed by atoms with van der Waals surface area (Å²) in [5, 5.41) is 3.32. The lowest BCUT2D eigenvalue weighted by Gasteiger charge is -2.29. The van der Waals surface area contributed by atoms with Crippen molar-refractivity contribution in [1.82, 2.24) is 10.2 Å². The first-order valence-electron chi connectivity index (χ1n) is 9.93. The van der Waals surface area contributed by atoms with Crippen LogP contribution in [0, 0.1) is 0 Å². The van der Waals surface area contributed by atoms with Crippen LogP contribution in [0.2, 0.25) is 0 Å². The van der Waals surface area contributed by atoms with E-state index in [2.05, 4.69) is 5.32 Å². The van der Waals surface area contributed by atoms with Gasteiger partial charge in [0, 0.05) is 22.9 Å². The second-order valence-corrected chi connectivity index (χ2v) is 7.63. The zero-order valence-electron chi connectivity index (χ0n) is 16.4. The quantitative estimate of drug-likeness (QED) is 0.674. The van der Waals surface area contributed by atoms with E-state index in [1.54, 1.807) is 12.1 Å². The zero-order chi connectivity index (χ0) is 20.8. The van der Waals surface area contributed by atoms with Gasteiger partial charge in [0.15, 0.2) is 6.10 Å². The fourth-order valence-electron chi connectivity index (χ4n) is 4.12. The summed E-state index contributed by atoms with van der Waals surface area (Å²) in [6.07, 6.45) is 0.197. The molecule has 2 aliphatic rings. The second kappa shape index (κ2) is 7.02. The highest BCUT2D eigenvalue weighted by Gasteiger charge is 2.40. The molecule has 0 aliphatic carbocycles. The molecule has 5 rings (SSSR count). The van der Waals surface area contributed by atoms with Crippen LogP contribution in [0.4, 0.5) is 0 Å². The molecule has 3 heterocycles. The monoisotopic (exact) mass is 404 g/mol. The molecule has 0 saturated carbocycles. The molecule has 2 aliphatic heterocycles. The van der Waals surface area contributed by atoms with Crippen LogP contribution in [0.25, 0.3) is 11.0 Å². The Bertz CT molecular complexity index is 1150. The third kappa shape index (κ3) is 3.03. The fourth-order valence-corrected chi connectivity index (χ4v) is 4.12. The van der Waals surface area contributed by atoms with Crippen molar-refractivity contribution < 1.29 is 23.5 Å². The molecule has 30 heavy (non-hydrogen) atoms. The van der Waals surface area contributed by atoms with E-state index in [1.165, 1.54) is 4.90 Å².